The van der Waals surface area contributed by atoms with Crippen LogP contribution in [0.15, 0.2) is 26.8 Å². The lowest BCUT2D eigenvalue weighted by Gasteiger charge is -2.08. The minimum atomic E-state index is -0.381. The van der Waals surface area contributed by atoms with Crippen LogP contribution in [0.5, 0.6) is 5.75 Å². The Balaban J connectivity index is 3.34. The Morgan fingerprint density at radius 1 is 1.53 bits per heavy atom. The molecule has 0 N–H and O–H groups in total. The Morgan fingerprint density at radius 2 is 2.18 bits per heavy atom. The summed E-state index contributed by atoms with van der Waals surface area (Å²) in [6.07, 6.45) is 1.88. The lowest BCUT2D eigenvalue weighted by Crippen LogP contribution is -1.98. The van der Waals surface area contributed by atoms with Crippen LogP contribution in [0, 0.1) is 10.1 Å². The number of ether oxygens (including phenoxy) is 1. The van der Waals surface area contributed by atoms with Crippen molar-refractivity contribution in [2.24, 2.45) is 0 Å². The Morgan fingerprint density at radius 3 is 2.65 bits per heavy atom. The van der Waals surface area contributed by atoms with E-state index < -0.39 is 0 Å². The van der Waals surface area contributed by atoms with Crippen molar-refractivity contribution in [1.82, 2.24) is 0 Å². The van der Waals surface area contributed by atoms with Crippen molar-refractivity contribution in [3.8, 4) is 5.75 Å². The largest absolute Gasteiger partial charge is 0.495 e. The number of rotatable bonds is 4. The van der Waals surface area contributed by atoms with E-state index in [1.807, 2.05) is 6.07 Å². The molecule has 0 saturated heterocycles. The molecule has 0 unspecified atom stereocenters. The molecular formula is C11H11Br2NO3. The smallest absolute Gasteiger partial charge is 0.246 e. The number of halogens is 2. The summed E-state index contributed by atoms with van der Waals surface area (Å²) < 4.78 is 6.80. The fourth-order valence-corrected chi connectivity index (χ4v) is 2.79. The van der Waals surface area contributed by atoms with Crippen LogP contribution >= 0.6 is 31.9 Å². The van der Waals surface area contributed by atoms with Crippen molar-refractivity contribution in [3.63, 3.8) is 0 Å². The number of hydrogen-bond acceptors (Lipinski definition) is 3. The highest BCUT2D eigenvalue weighted by molar-refractivity contribution is 9.11. The van der Waals surface area contributed by atoms with Crippen molar-refractivity contribution >= 4 is 37.9 Å². The van der Waals surface area contributed by atoms with E-state index >= 15 is 0 Å². The molecule has 0 fully saturated rings. The molecule has 0 bridgehead atoms. The number of nitrogens with zero attached hydrogens (tertiary/aromatic N) is 1. The Kier molecular flexibility index (Phi) is 5.14. The Hall–Kier alpha value is -0.880. The molecule has 0 radical (unpaired) electrons. The maximum absolute atomic E-state index is 10.8. The van der Waals surface area contributed by atoms with Gasteiger partial charge in [-0.2, -0.15) is 0 Å². The van der Waals surface area contributed by atoms with Crippen LogP contribution in [0.2, 0.25) is 0 Å². The molecule has 0 saturated carbocycles. The lowest BCUT2D eigenvalue weighted by molar-refractivity contribution is -0.425. The van der Waals surface area contributed by atoms with E-state index in [1.165, 1.54) is 13.2 Å². The molecule has 1 aromatic carbocycles. The third kappa shape index (κ3) is 3.54. The quantitative estimate of drug-likeness (QED) is 0.592. The normalized spacial score (nSPS) is 11.4. The maximum Gasteiger partial charge on any atom is 0.246 e. The van der Waals surface area contributed by atoms with Gasteiger partial charge in [-0.3, -0.25) is 10.1 Å². The lowest BCUT2D eigenvalue weighted by atomic mass is 10.1. The minimum Gasteiger partial charge on any atom is -0.495 e. The van der Waals surface area contributed by atoms with Gasteiger partial charge in [-0.05, 0) is 28.1 Å². The fraction of sp³-hybridized carbons (Fsp3) is 0.273. The average Bonchev–Trinajstić information content (AvgIpc) is 2.24. The summed E-state index contributed by atoms with van der Waals surface area (Å²) in [7, 11) is 1.53. The molecule has 0 aliphatic carbocycles. The highest BCUT2D eigenvalue weighted by Gasteiger charge is 2.12. The third-order valence-corrected chi connectivity index (χ3v) is 3.21. The van der Waals surface area contributed by atoms with Crippen LogP contribution in [0.3, 0.4) is 0 Å². The van der Waals surface area contributed by atoms with Gasteiger partial charge >= 0.3 is 0 Å². The van der Waals surface area contributed by atoms with E-state index in [-0.39, 0.29) is 10.6 Å². The molecule has 0 spiro atoms. The van der Waals surface area contributed by atoms with Gasteiger partial charge in [0.15, 0.2) is 0 Å². The zero-order valence-electron chi connectivity index (χ0n) is 9.37. The van der Waals surface area contributed by atoms with Gasteiger partial charge in [0.25, 0.3) is 0 Å². The Bertz CT molecular complexity index is 472. The number of allylic oxidation sites excluding steroid dienone is 1. The van der Waals surface area contributed by atoms with Crippen LogP contribution in [0.1, 0.15) is 18.9 Å². The monoisotopic (exact) mass is 363 g/mol. The summed E-state index contributed by atoms with van der Waals surface area (Å²) in [6, 6.07) is 3.61. The fourth-order valence-electron chi connectivity index (χ4n) is 1.37. The van der Waals surface area contributed by atoms with E-state index in [4.69, 9.17) is 4.74 Å². The Labute approximate surface area is 116 Å². The van der Waals surface area contributed by atoms with E-state index in [0.717, 1.165) is 8.95 Å². The summed E-state index contributed by atoms with van der Waals surface area (Å²) in [5.41, 5.74) is 0.815. The molecule has 0 aliphatic rings. The standard InChI is InChI=1S/C11H11Br2NO3/c1-3-9(14(15)16)5-7-4-8(12)6-10(13)11(7)17-2/h4-6H,3H2,1-2H3/b9-5+. The maximum atomic E-state index is 10.8. The first kappa shape index (κ1) is 14.2. The van der Waals surface area contributed by atoms with E-state index in [0.29, 0.717) is 17.7 Å². The molecule has 0 aromatic heterocycles. The molecule has 0 amide bonds. The van der Waals surface area contributed by atoms with Gasteiger partial charge in [-0.25, -0.2) is 0 Å². The van der Waals surface area contributed by atoms with Crippen LogP contribution in [0.4, 0.5) is 0 Å². The van der Waals surface area contributed by atoms with Crippen molar-refractivity contribution < 1.29 is 9.66 Å². The van der Waals surface area contributed by atoms with E-state index in [1.54, 1.807) is 13.0 Å². The first-order valence-electron chi connectivity index (χ1n) is 4.87. The minimum absolute atomic E-state index is 0.147. The van der Waals surface area contributed by atoms with Gasteiger partial charge in [0.1, 0.15) is 5.75 Å². The first-order chi connectivity index (χ1) is 7.99. The molecule has 0 atom stereocenters. The van der Waals surface area contributed by atoms with E-state index in [2.05, 4.69) is 31.9 Å². The summed E-state index contributed by atoms with van der Waals surface area (Å²) in [4.78, 5) is 10.4. The summed E-state index contributed by atoms with van der Waals surface area (Å²) >= 11 is 6.69. The number of nitro groups is 1. The van der Waals surface area contributed by atoms with Gasteiger partial charge in [-0.1, -0.05) is 22.9 Å². The molecule has 6 heteroatoms. The van der Waals surface area contributed by atoms with E-state index in [9.17, 15) is 10.1 Å². The molecule has 1 rings (SSSR count). The summed E-state index contributed by atoms with van der Waals surface area (Å²) in [6.45, 7) is 1.74. The summed E-state index contributed by atoms with van der Waals surface area (Å²) in [5, 5.41) is 10.8. The van der Waals surface area contributed by atoms with Crippen LogP contribution in [-0.4, -0.2) is 12.0 Å². The van der Waals surface area contributed by atoms with Crippen molar-refractivity contribution in [1.29, 1.82) is 0 Å². The highest BCUT2D eigenvalue weighted by atomic mass is 79.9. The summed E-state index contributed by atoms with van der Waals surface area (Å²) in [5.74, 6) is 0.584. The molecule has 0 heterocycles. The predicted molar refractivity (Wildman–Crippen MR) is 73.7 cm³/mol. The van der Waals surface area contributed by atoms with Gasteiger partial charge in [0.2, 0.25) is 5.70 Å². The topological polar surface area (TPSA) is 52.4 Å². The molecule has 92 valence electrons. The predicted octanol–water partition coefficient (Wildman–Crippen LogP) is 4.25. The molecule has 4 nitrogen and oxygen atoms in total. The number of benzene rings is 1. The second-order valence-electron chi connectivity index (χ2n) is 3.26. The zero-order chi connectivity index (χ0) is 13.0. The van der Waals surface area contributed by atoms with Gasteiger partial charge in [0.05, 0.1) is 16.5 Å². The third-order valence-electron chi connectivity index (χ3n) is 2.16. The molecule has 17 heavy (non-hydrogen) atoms. The zero-order valence-corrected chi connectivity index (χ0v) is 12.5. The molecule has 1 aromatic rings. The van der Waals surface area contributed by atoms with Crippen molar-refractivity contribution in [3.05, 3.63) is 42.5 Å². The van der Waals surface area contributed by atoms with Crippen LogP contribution in [0.25, 0.3) is 6.08 Å². The number of methoxy groups -OCH3 is 1. The molecular weight excluding hydrogens is 354 g/mol. The van der Waals surface area contributed by atoms with Gasteiger partial charge < -0.3 is 4.74 Å². The highest BCUT2D eigenvalue weighted by Crippen LogP contribution is 2.34. The van der Waals surface area contributed by atoms with Gasteiger partial charge in [0, 0.05) is 22.5 Å². The average molecular weight is 365 g/mol. The van der Waals surface area contributed by atoms with Crippen LogP contribution in [-0.2, 0) is 0 Å². The molecule has 0 aliphatic heterocycles. The second-order valence-corrected chi connectivity index (χ2v) is 5.03. The van der Waals surface area contributed by atoms with Gasteiger partial charge in [-0.15, -0.1) is 0 Å². The first-order valence-corrected chi connectivity index (χ1v) is 6.46. The SMILES string of the molecule is CC/C(=C\c1cc(Br)cc(Br)c1OC)[N+](=O)[O-]. The van der Waals surface area contributed by atoms with Crippen molar-refractivity contribution in [2.75, 3.05) is 7.11 Å². The van der Waals surface area contributed by atoms with Crippen LogP contribution < -0.4 is 4.74 Å². The van der Waals surface area contributed by atoms with Crippen molar-refractivity contribution in [2.45, 2.75) is 13.3 Å². The second kappa shape index (κ2) is 6.16. The number of hydrogen-bond donors (Lipinski definition) is 0.